The Kier molecular flexibility index (Phi) is 12.1. The fourth-order valence-corrected chi connectivity index (χ4v) is 6.52. The summed E-state index contributed by atoms with van der Waals surface area (Å²) in [6.07, 6.45) is -2.22. The highest BCUT2D eigenvalue weighted by molar-refractivity contribution is 6.06. The van der Waals surface area contributed by atoms with Gasteiger partial charge in [0.15, 0.2) is 6.29 Å². The Hall–Kier alpha value is -4.91. The highest BCUT2D eigenvalue weighted by Gasteiger charge is 2.40. The van der Waals surface area contributed by atoms with Crippen LogP contribution in [0.25, 0.3) is 0 Å². The molecule has 3 N–H and O–H groups in total. The van der Waals surface area contributed by atoms with Gasteiger partial charge in [-0.3, -0.25) is 19.4 Å². The molecule has 11 heteroatoms. The third-order valence-electron chi connectivity index (χ3n) is 9.74. The molecule has 2 aliphatic heterocycles. The summed E-state index contributed by atoms with van der Waals surface area (Å²) in [4.78, 5) is 41.5. The first kappa shape index (κ1) is 36.9. The van der Waals surface area contributed by atoms with Gasteiger partial charge in [-0.1, -0.05) is 109 Å². The van der Waals surface area contributed by atoms with E-state index in [9.17, 15) is 24.6 Å². The lowest BCUT2D eigenvalue weighted by Gasteiger charge is -2.39. The van der Waals surface area contributed by atoms with Gasteiger partial charge in [-0.05, 0) is 41.8 Å². The van der Waals surface area contributed by atoms with Crippen LogP contribution in [0.15, 0.2) is 109 Å². The van der Waals surface area contributed by atoms with E-state index in [0.29, 0.717) is 13.0 Å². The molecule has 0 radical (unpaired) electrons. The maximum absolute atomic E-state index is 13.1. The lowest BCUT2D eigenvalue weighted by molar-refractivity contribution is -0.253. The van der Waals surface area contributed by atoms with Crippen LogP contribution in [0, 0.1) is 0 Å². The van der Waals surface area contributed by atoms with E-state index in [1.807, 2.05) is 123 Å². The molecule has 3 amide bonds. The third-order valence-corrected chi connectivity index (χ3v) is 9.74. The Bertz CT molecular complexity index is 1790. The van der Waals surface area contributed by atoms with Crippen LogP contribution < -0.4 is 5.32 Å². The number of carbonyl (C=O) groups is 3. The fourth-order valence-electron chi connectivity index (χ4n) is 6.52. The number of benzene rings is 4. The van der Waals surface area contributed by atoms with Crippen LogP contribution in [0.4, 0.5) is 4.79 Å². The second kappa shape index (κ2) is 17.1. The minimum atomic E-state index is -0.992. The van der Waals surface area contributed by atoms with Crippen LogP contribution in [0.2, 0.25) is 0 Å². The molecule has 6 rings (SSSR count). The van der Waals surface area contributed by atoms with Crippen LogP contribution in [-0.2, 0) is 43.6 Å². The van der Waals surface area contributed by atoms with Crippen LogP contribution in [0.1, 0.15) is 71.6 Å². The first-order chi connectivity index (χ1) is 25.2. The molecule has 4 aromatic carbocycles. The Balaban J connectivity index is 1.10. The molecule has 2 fully saturated rings. The molecule has 2 aliphatic rings. The normalized spacial score (nSPS) is 21.6. The van der Waals surface area contributed by atoms with Crippen LogP contribution in [-0.4, -0.2) is 69.7 Å². The van der Waals surface area contributed by atoms with E-state index in [4.69, 9.17) is 14.2 Å². The van der Waals surface area contributed by atoms with Crippen molar-refractivity contribution in [2.24, 2.45) is 0 Å². The lowest BCUT2D eigenvalue weighted by atomic mass is 9.98. The molecule has 2 saturated heterocycles. The third kappa shape index (κ3) is 9.11. The predicted octanol–water partition coefficient (Wildman–Crippen LogP) is 5.33. The van der Waals surface area contributed by atoms with Crippen LogP contribution in [0.5, 0.6) is 0 Å². The molecule has 52 heavy (non-hydrogen) atoms. The molecule has 0 aliphatic carbocycles. The monoisotopic (exact) mass is 707 g/mol. The van der Waals surface area contributed by atoms with Crippen molar-refractivity contribution in [2.45, 2.75) is 76.2 Å². The lowest BCUT2D eigenvalue weighted by Crippen LogP contribution is -2.43. The van der Waals surface area contributed by atoms with E-state index in [2.05, 4.69) is 10.2 Å². The fraction of sp³-hybridized carbons (Fsp3) is 0.341. The number of ether oxygens (including phenoxy) is 3. The highest BCUT2D eigenvalue weighted by Crippen LogP contribution is 2.38. The van der Waals surface area contributed by atoms with Gasteiger partial charge in [0.2, 0.25) is 5.91 Å². The zero-order valence-corrected chi connectivity index (χ0v) is 29.3. The van der Waals surface area contributed by atoms with Gasteiger partial charge in [0.05, 0.1) is 37.9 Å². The number of hydrogen-bond donors (Lipinski definition) is 3. The Morgan fingerprint density at radius 2 is 1.52 bits per heavy atom. The Labute approximate surface area is 303 Å². The first-order valence-corrected chi connectivity index (χ1v) is 17.5. The first-order valence-electron chi connectivity index (χ1n) is 17.5. The van der Waals surface area contributed by atoms with Crippen molar-refractivity contribution < 1.29 is 38.8 Å². The summed E-state index contributed by atoms with van der Waals surface area (Å²) in [7, 11) is 1.97. The zero-order valence-electron chi connectivity index (χ0n) is 29.3. The number of nitrogens with zero attached hydrogens (tertiary/aromatic N) is 2. The van der Waals surface area contributed by atoms with Gasteiger partial charge in [0.25, 0.3) is 5.91 Å². The number of alkyl carbamates (subject to hydrolysis) is 1. The zero-order chi connectivity index (χ0) is 36.6. The number of amides is 3. The number of likely N-dealkylation sites (N-methyl/N-ethyl adjacent to an activating group) is 1. The number of imide groups is 1. The molecule has 6 unspecified atom stereocenters. The average molecular weight is 708 g/mol. The molecule has 4 aromatic rings. The summed E-state index contributed by atoms with van der Waals surface area (Å²) in [6.45, 7) is 2.59. The van der Waals surface area contributed by atoms with Crippen molar-refractivity contribution in [2.75, 3.05) is 13.6 Å². The van der Waals surface area contributed by atoms with Gasteiger partial charge in [0, 0.05) is 24.6 Å². The maximum Gasteiger partial charge on any atom is 0.408 e. The van der Waals surface area contributed by atoms with Crippen molar-refractivity contribution in [3.63, 3.8) is 0 Å². The van der Waals surface area contributed by atoms with E-state index >= 15 is 0 Å². The highest BCUT2D eigenvalue weighted by atomic mass is 16.7. The number of carbonyl (C=O) groups excluding carboxylic acids is 3. The summed E-state index contributed by atoms with van der Waals surface area (Å²) in [6, 6.07) is 32.7. The van der Waals surface area contributed by atoms with E-state index < -0.39 is 30.4 Å². The van der Waals surface area contributed by atoms with E-state index in [-0.39, 0.29) is 50.3 Å². The Morgan fingerprint density at radius 1 is 0.885 bits per heavy atom. The van der Waals surface area contributed by atoms with Gasteiger partial charge >= 0.3 is 6.09 Å². The largest absolute Gasteiger partial charge is 0.445 e. The van der Waals surface area contributed by atoms with Crippen molar-refractivity contribution in [3.05, 3.63) is 143 Å². The topological polar surface area (TPSA) is 138 Å². The van der Waals surface area contributed by atoms with Gasteiger partial charge in [-0.2, -0.15) is 0 Å². The Morgan fingerprint density at radius 3 is 2.19 bits per heavy atom. The second-order valence-electron chi connectivity index (χ2n) is 13.4. The summed E-state index contributed by atoms with van der Waals surface area (Å²) in [5.74, 6) is -0.867. The van der Waals surface area contributed by atoms with E-state index in [0.717, 1.165) is 38.3 Å². The standard InChI is InChI=1S/C41H45N3O8/c1-27(38(47)32-11-7-4-8-12-32)43(2)24-34-21-36(31-17-15-29(25-45)16-18-31)52-40(51-34)33-19-13-28(14-20-33)23-44-37(46)22-35(39(44)48)42-41(49)50-26-30-9-5-3-6-10-30/h3-20,27,34-36,38,40,45,47H,21-26H2,1-2H3,(H,42,49). The molecule has 2 heterocycles. The average Bonchev–Trinajstić information content (AvgIpc) is 3.44. The van der Waals surface area contributed by atoms with Gasteiger partial charge < -0.3 is 29.7 Å². The number of aliphatic hydroxyl groups excluding tert-OH is 2. The van der Waals surface area contributed by atoms with Gasteiger partial charge in [-0.15, -0.1) is 0 Å². The number of nitrogens with one attached hydrogen (secondary N) is 1. The van der Waals surface area contributed by atoms with Crippen LogP contribution in [0.3, 0.4) is 0 Å². The van der Waals surface area contributed by atoms with Crippen LogP contribution >= 0.6 is 0 Å². The predicted molar refractivity (Wildman–Crippen MR) is 192 cm³/mol. The minimum absolute atomic E-state index is 0.0496. The molecular formula is C41H45N3O8. The number of likely N-dealkylation sites (tertiary alicyclic amines) is 1. The van der Waals surface area contributed by atoms with Crippen molar-refractivity contribution in [3.8, 4) is 0 Å². The molecule has 0 saturated carbocycles. The molecule has 0 spiro atoms. The van der Waals surface area contributed by atoms with E-state index in [1.54, 1.807) is 0 Å². The van der Waals surface area contributed by atoms with Crippen molar-refractivity contribution in [1.82, 2.24) is 15.1 Å². The quantitative estimate of drug-likeness (QED) is 0.158. The summed E-state index contributed by atoms with van der Waals surface area (Å²) < 4.78 is 18.3. The van der Waals surface area contributed by atoms with Gasteiger partial charge in [-0.25, -0.2) is 4.79 Å². The van der Waals surface area contributed by atoms with Crippen molar-refractivity contribution in [1.29, 1.82) is 0 Å². The number of hydrogen-bond acceptors (Lipinski definition) is 9. The second-order valence-corrected chi connectivity index (χ2v) is 13.4. The minimum Gasteiger partial charge on any atom is -0.445 e. The maximum atomic E-state index is 13.1. The molecule has 272 valence electrons. The molecule has 6 atom stereocenters. The smallest absolute Gasteiger partial charge is 0.408 e. The SMILES string of the molecule is CC(C(O)c1ccccc1)N(C)CC1CC(c2ccc(CO)cc2)OC(c2ccc(CN3C(=O)CC(NC(=O)OCc4ccccc4)C3=O)cc2)O1. The van der Waals surface area contributed by atoms with Gasteiger partial charge in [0.1, 0.15) is 12.6 Å². The molecule has 11 nitrogen and oxygen atoms in total. The summed E-state index contributed by atoms with van der Waals surface area (Å²) >= 11 is 0. The molecular weight excluding hydrogens is 662 g/mol. The summed E-state index contributed by atoms with van der Waals surface area (Å²) in [5, 5.41) is 23.2. The number of aliphatic hydroxyl groups is 2. The van der Waals surface area contributed by atoms with E-state index in [1.165, 1.54) is 0 Å². The molecule has 0 aromatic heterocycles. The molecule has 0 bridgehead atoms. The summed E-state index contributed by atoms with van der Waals surface area (Å²) in [5.41, 5.74) is 4.92. The number of rotatable bonds is 13. The van der Waals surface area contributed by atoms with Crippen molar-refractivity contribution >= 4 is 17.9 Å².